The van der Waals surface area contributed by atoms with Gasteiger partial charge in [0.05, 0.1) is 67.9 Å². The summed E-state index contributed by atoms with van der Waals surface area (Å²) >= 11 is 7.12. The molecular formula is C57H56ClF9N10O4S. The third-order valence-corrected chi connectivity index (χ3v) is 20.2. The second-order valence-electron chi connectivity index (χ2n) is 23.0. The number of nitrogens with two attached hydrogens (primary N) is 2. The van der Waals surface area contributed by atoms with Gasteiger partial charge in [-0.1, -0.05) is 70.6 Å². The van der Waals surface area contributed by atoms with Gasteiger partial charge >= 0.3 is 18.5 Å². The summed E-state index contributed by atoms with van der Waals surface area (Å²) in [6.45, 7) is 3.20. The van der Waals surface area contributed by atoms with Gasteiger partial charge in [-0.05, 0) is 162 Å². The van der Waals surface area contributed by atoms with Gasteiger partial charge < -0.3 is 11.5 Å². The van der Waals surface area contributed by atoms with E-state index in [0.717, 1.165) is 24.5 Å². The highest BCUT2D eigenvalue weighted by Crippen LogP contribution is 2.76. The number of carbonyl (C=O) groups is 2. The molecule has 4 bridgehead atoms. The maximum Gasteiger partial charge on any atom is 0.417 e. The molecule has 82 heavy (non-hydrogen) atoms. The van der Waals surface area contributed by atoms with Crippen LogP contribution in [0.4, 0.5) is 45.2 Å². The van der Waals surface area contributed by atoms with Crippen LogP contribution in [0.25, 0.3) is 22.5 Å². The van der Waals surface area contributed by atoms with E-state index < -0.39 is 108 Å². The summed E-state index contributed by atoms with van der Waals surface area (Å²) in [6, 6.07) is 18.7. The lowest BCUT2D eigenvalue weighted by atomic mass is 9.32. The van der Waals surface area contributed by atoms with Gasteiger partial charge in [0.2, 0.25) is 21.8 Å². The maximum absolute atomic E-state index is 15.9. The van der Waals surface area contributed by atoms with Crippen molar-refractivity contribution in [3.8, 4) is 28.6 Å². The zero-order valence-electron chi connectivity index (χ0n) is 44.6. The van der Waals surface area contributed by atoms with Gasteiger partial charge in [0.1, 0.15) is 11.4 Å². The van der Waals surface area contributed by atoms with E-state index in [9.17, 15) is 40.0 Å². The average Bonchev–Trinajstić information content (AvgIpc) is 0.851. The molecule has 2 unspecified atom stereocenters. The molecule has 6 aliphatic rings. The van der Waals surface area contributed by atoms with Crippen LogP contribution in [0, 0.1) is 46.8 Å². The lowest BCUT2D eigenvalue weighted by molar-refractivity contribution is -0.223. The minimum absolute atomic E-state index is 0.00165. The molecule has 4 aromatic carbocycles. The zero-order chi connectivity index (χ0) is 59.4. The molecule has 6 saturated carbocycles. The first kappa shape index (κ1) is 58.2. The fraction of sp³-hybridized carbons (Fsp3) is 0.456. The molecule has 2 amide bonds. The molecule has 12 rings (SSSR count). The van der Waals surface area contributed by atoms with Crippen LogP contribution in [-0.4, -0.2) is 56.5 Å². The van der Waals surface area contributed by atoms with E-state index in [-0.39, 0.29) is 121 Å². The molecule has 6 aromatic rings. The van der Waals surface area contributed by atoms with E-state index in [1.165, 1.54) is 60.7 Å². The maximum atomic E-state index is 15.9. The molecule has 0 spiro atoms. The standard InChI is InChI=1S/C57H56ClF9N10O4S/c1-33-45(39-8-4-6-10-41(39)55(59,60)61)71-74-76(33)51-22-16-49(17-23-51,18-24-51)53(47(69)78,30-36-13-12-35(32-68)28-43(36)57(65,66)67)54(48(70)79,31-37-14-15-38(29-44(37)58)73-82(3,80)81)50-19-25-52(26-20-50,27-21-50)77-34(2)46(72-75-77)40-9-5-7-11-42(40)56(62,63)64/h4-15,28-29,73H,16-27,30-31H2,1-3H3,(H2,69,78)(H2,70,79). The lowest BCUT2D eigenvalue weighted by Crippen LogP contribution is -2.75. The summed E-state index contributed by atoms with van der Waals surface area (Å²) in [5.74, 6) is -2.23. The molecular weight excluding hydrogens is 1130 g/mol. The van der Waals surface area contributed by atoms with E-state index in [1.54, 1.807) is 29.3 Å². The summed E-state index contributed by atoms with van der Waals surface area (Å²) in [4.78, 5) is 31.9. The number of amides is 2. The average molecular weight is 1180 g/mol. The van der Waals surface area contributed by atoms with Gasteiger partial charge in [-0.2, -0.15) is 44.8 Å². The van der Waals surface area contributed by atoms with Crippen molar-refractivity contribution in [1.29, 1.82) is 5.26 Å². The summed E-state index contributed by atoms with van der Waals surface area (Å²) in [6.07, 6.45) is -14.0. The van der Waals surface area contributed by atoms with Crippen LogP contribution in [0.1, 0.15) is 122 Å². The Morgan fingerprint density at radius 2 is 1.00 bits per heavy atom. The number of nitriles is 1. The normalized spacial score (nSPS) is 24.3. The number of sulfonamides is 1. The molecule has 2 atom stereocenters. The van der Waals surface area contributed by atoms with Crippen LogP contribution in [0.2, 0.25) is 5.02 Å². The zero-order valence-corrected chi connectivity index (χ0v) is 46.2. The summed E-state index contributed by atoms with van der Waals surface area (Å²) in [5, 5.41) is 27.3. The molecule has 2 heterocycles. The number of alkyl halides is 9. The number of hydrogen-bond donors (Lipinski definition) is 3. The number of hydrogen-bond acceptors (Lipinski definition) is 9. The number of nitrogens with zero attached hydrogens (tertiary/aromatic N) is 7. The van der Waals surface area contributed by atoms with Crippen molar-refractivity contribution in [2.45, 2.75) is 133 Å². The number of aromatic nitrogens is 6. The molecule has 2 aromatic heterocycles. The predicted octanol–water partition coefficient (Wildman–Crippen LogP) is 12.0. The largest absolute Gasteiger partial charge is 0.417 e. The monoisotopic (exact) mass is 1180 g/mol. The molecule has 0 aliphatic heterocycles. The second kappa shape index (κ2) is 19.8. The van der Waals surface area contributed by atoms with E-state index in [1.807, 2.05) is 0 Å². The Morgan fingerprint density at radius 1 is 0.610 bits per heavy atom. The third-order valence-electron chi connectivity index (χ3n) is 19.3. The van der Waals surface area contributed by atoms with Gasteiger partial charge in [-0.3, -0.25) is 14.3 Å². The van der Waals surface area contributed by atoms with Crippen LogP contribution in [0.5, 0.6) is 0 Å². The Balaban J connectivity index is 1.17. The number of rotatable bonds is 15. The van der Waals surface area contributed by atoms with Crippen molar-refractivity contribution < 1.29 is 57.5 Å². The highest BCUT2D eigenvalue weighted by atomic mass is 35.5. The Morgan fingerprint density at radius 3 is 1.37 bits per heavy atom. The Hall–Kier alpha value is -7.00. The number of benzene rings is 4. The van der Waals surface area contributed by atoms with Crippen LogP contribution in [-0.2, 0) is 62.1 Å². The molecule has 25 heteroatoms. The number of nitrogens with one attached hydrogen (secondary N) is 1. The Bertz CT molecular complexity index is 3670. The number of carbonyl (C=O) groups excluding carboxylic acids is 2. The van der Waals surface area contributed by atoms with Gasteiger partial charge in [-0.25, -0.2) is 17.8 Å². The third kappa shape index (κ3) is 9.18. The second-order valence-corrected chi connectivity index (χ2v) is 25.2. The highest BCUT2D eigenvalue weighted by molar-refractivity contribution is 7.92. The first-order valence-corrected chi connectivity index (χ1v) is 28.7. The van der Waals surface area contributed by atoms with Crippen molar-refractivity contribution in [1.82, 2.24) is 30.0 Å². The number of primary amides is 2. The molecule has 6 aliphatic carbocycles. The van der Waals surface area contributed by atoms with Gasteiger partial charge in [-0.15, -0.1) is 10.2 Å². The van der Waals surface area contributed by atoms with Crippen LogP contribution in [0.3, 0.4) is 0 Å². The highest BCUT2D eigenvalue weighted by Gasteiger charge is 2.77. The fourth-order valence-corrected chi connectivity index (χ4v) is 16.3. The van der Waals surface area contributed by atoms with E-state index in [2.05, 4.69) is 25.3 Å². The van der Waals surface area contributed by atoms with Crippen molar-refractivity contribution in [2.24, 2.45) is 33.1 Å². The molecule has 14 nitrogen and oxygen atoms in total. The topological polar surface area (TPSA) is 218 Å². The molecule has 434 valence electrons. The van der Waals surface area contributed by atoms with E-state index in [0.29, 0.717) is 17.5 Å². The van der Waals surface area contributed by atoms with Crippen LogP contribution >= 0.6 is 11.6 Å². The van der Waals surface area contributed by atoms with E-state index >= 15 is 22.8 Å². The number of halogens is 10. The first-order chi connectivity index (χ1) is 38.3. The number of anilines is 1. The molecule has 0 saturated heterocycles. The lowest BCUT2D eigenvalue weighted by Gasteiger charge is -2.70. The quantitative estimate of drug-likeness (QED) is 0.0832. The Kier molecular flexibility index (Phi) is 14.1. The van der Waals surface area contributed by atoms with Gasteiger partial charge in [0.25, 0.3) is 0 Å². The SMILES string of the molecule is Cc1c(-c2ccccc2C(F)(F)F)nnn1C12CCC(C(Cc3ccc(NS(C)(=O)=O)cc3Cl)(C(N)=O)C(Cc3ccc(C#N)cc3C(F)(F)F)(C(N)=O)C34CCC(n5nnc(-c6ccccc6C(F)(F)F)c5C)(CC3)CC4)(CC1)CC2. The number of fused-ring (bicyclic) bond motifs is 6. The van der Waals surface area contributed by atoms with Crippen molar-refractivity contribution in [3.05, 3.63) is 135 Å². The predicted molar refractivity (Wildman–Crippen MR) is 283 cm³/mol. The fourth-order valence-electron chi connectivity index (χ4n) is 15.5. The van der Waals surface area contributed by atoms with Crippen LogP contribution < -0.4 is 16.2 Å². The van der Waals surface area contributed by atoms with Gasteiger partial charge in [0, 0.05) is 21.8 Å². The molecule has 6 fully saturated rings. The molecule has 5 N–H and O–H groups in total. The summed E-state index contributed by atoms with van der Waals surface area (Å²) < 4.78 is 164. The molecule has 0 radical (unpaired) electrons. The first-order valence-electron chi connectivity index (χ1n) is 26.5. The van der Waals surface area contributed by atoms with E-state index in [4.69, 9.17) is 23.1 Å². The smallest absolute Gasteiger partial charge is 0.369 e. The van der Waals surface area contributed by atoms with Crippen molar-refractivity contribution in [2.75, 3.05) is 11.0 Å². The van der Waals surface area contributed by atoms with Gasteiger partial charge in [0.15, 0.2) is 0 Å². The van der Waals surface area contributed by atoms with Crippen molar-refractivity contribution in [3.63, 3.8) is 0 Å². The minimum atomic E-state index is -5.13. The summed E-state index contributed by atoms with van der Waals surface area (Å²) in [5.41, 5.74) is 1.02. The Labute approximate surface area is 470 Å². The van der Waals surface area contributed by atoms with Crippen LogP contribution in [0.15, 0.2) is 84.9 Å². The minimum Gasteiger partial charge on any atom is -0.369 e. The van der Waals surface area contributed by atoms with Crippen molar-refractivity contribution >= 4 is 39.1 Å². The summed E-state index contributed by atoms with van der Waals surface area (Å²) in [7, 11) is -3.87.